The predicted octanol–water partition coefficient (Wildman–Crippen LogP) is 1.98. The molecule has 1 atom stereocenters. The van der Waals surface area contributed by atoms with E-state index in [1.165, 1.54) is 0 Å². The molecule has 1 fully saturated rings. The van der Waals surface area contributed by atoms with E-state index in [2.05, 4.69) is 29.4 Å². The summed E-state index contributed by atoms with van der Waals surface area (Å²) in [6.07, 6.45) is 1.90. The summed E-state index contributed by atoms with van der Waals surface area (Å²) in [5.41, 5.74) is 1.72. The van der Waals surface area contributed by atoms with E-state index in [1.54, 1.807) is 7.11 Å². The van der Waals surface area contributed by atoms with E-state index in [0.29, 0.717) is 12.3 Å². The number of piperidine rings is 1. The molecule has 0 radical (unpaired) electrons. The fourth-order valence-electron chi connectivity index (χ4n) is 3.14. The number of methoxy groups -OCH3 is 1. The van der Waals surface area contributed by atoms with Gasteiger partial charge in [0.2, 0.25) is 0 Å². The van der Waals surface area contributed by atoms with E-state index in [9.17, 15) is 9.59 Å². The molecule has 0 unspecified atom stereocenters. The summed E-state index contributed by atoms with van der Waals surface area (Å²) in [7, 11) is 1.68. The van der Waals surface area contributed by atoms with Crippen LogP contribution in [-0.2, 0) is 14.3 Å². The first kappa shape index (κ1) is 19.4. The van der Waals surface area contributed by atoms with Gasteiger partial charge >= 0.3 is 11.8 Å². The Kier molecular flexibility index (Phi) is 7.40. The predicted molar refractivity (Wildman–Crippen MR) is 98.6 cm³/mol. The minimum Gasteiger partial charge on any atom is -0.383 e. The summed E-state index contributed by atoms with van der Waals surface area (Å²) in [5.74, 6) is -0.911. The molecule has 0 bridgehead atoms. The number of hydrogen-bond donors (Lipinski definition) is 2. The molecule has 1 aromatic carbocycles. The third kappa shape index (κ3) is 5.83. The van der Waals surface area contributed by atoms with Crippen LogP contribution in [-0.4, -0.2) is 56.1 Å². The molecule has 2 rings (SSSR count). The number of benzene rings is 1. The van der Waals surface area contributed by atoms with Crippen molar-refractivity contribution in [2.24, 2.45) is 0 Å². The van der Waals surface area contributed by atoms with Gasteiger partial charge in [0.15, 0.2) is 0 Å². The molecular formula is C19H29N3O3. The number of anilines is 1. The number of rotatable bonds is 6. The molecule has 138 valence electrons. The van der Waals surface area contributed by atoms with Crippen LogP contribution in [0.3, 0.4) is 0 Å². The number of ether oxygens (including phenoxy) is 1. The van der Waals surface area contributed by atoms with Crippen LogP contribution in [0.25, 0.3) is 0 Å². The zero-order valence-electron chi connectivity index (χ0n) is 15.4. The lowest BCUT2D eigenvalue weighted by molar-refractivity contribution is -0.136. The number of nitrogens with one attached hydrogen (secondary N) is 2. The molecule has 1 heterocycles. The lowest BCUT2D eigenvalue weighted by atomic mass is 10.0. The average molecular weight is 347 g/mol. The van der Waals surface area contributed by atoms with Gasteiger partial charge in [-0.05, 0) is 36.9 Å². The Hall–Kier alpha value is -1.92. The van der Waals surface area contributed by atoms with Gasteiger partial charge in [0.1, 0.15) is 0 Å². The Balaban J connectivity index is 1.89. The molecule has 1 aliphatic heterocycles. The second kappa shape index (κ2) is 9.53. The van der Waals surface area contributed by atoms with E-state index in [0.717, 1.165) is 38.0 Å². The first-order chi connectivity index (χ1) is 12.0. The molecular weight excluding hydrogens is 318 g/mol. The first-order valence-electron chi connectivity index (χ1n) is 8.93. The minimum atomic E-state index is -0.609. The monoisotopic (exact) mass is 347 g/mol. The molecule has 1 saturated heterocycles. The van der Waals surface area contributed by atoms with Crippen molar-refractivity contribution in [3.05, 3.63) is 29.8 Å². The van der Waals surface area contributed by atoms with Gasteiger partial charge in [-0.3, -0.25) is 14.5 Å². The number of likely N-dealkylation sites (tertiary alicyclic amines) is 1. The van der Waals surface area contributed by atoms with Crippen molar-refractivity contribution in [1.82, 2.24) is 10.2 Å². The van der Waals surface area contributed by atoms with Crippen molar-refractivity contribution < 1.29 is 14.3 Å². The Morgan fingerprint density at radius 1 is 1.28 bits per heavy atom. The number of amides is 2. The zero-order chi connectivity index (χ0) is 18.2. The van der Waals surface area contributed by atoms with Crippen LogP contribution in [0.5, 0.6) is 0 Å². The Morgan fingerprint density at radius 2 is 2.04 bits per heavy atom. The zero-order valence-corrected chi connectivity index (χ0v) is 15.4. The molecule has 1 aliphatic rings. The number of carbonyl (C=O) groups excluding carboxylic acids is 2. The van der Waals surface area contributed by atoms with Gasteiger partial charge in [0, 0.05) is 31.9 Å². The maximum Gasteiger partial charge on any atom is 0.313 e. The molecule has 25 heavy (non-hydrogen) atoms. The summed E-state index contributed by atoms with van der Waals surface area (Å²) in [6.45, 7) is 7.39. The van der Waals surface area contributed by atoms with Gasteiger partial charge in [-0.1, -0.05) is 32.0 Å². The minimum absolute atomic E-state index is 0.00389. The van der Waals surface area contributed by atoms with Crippen molar-refractivity contribution in [1.29, 1.82) is 0 Å². The van der Waals surface area contributed by atoms with E-state index >= 15 is 0 Å². The maximum atomic E-state index is 12.3. The van der Waals surface area contributed by atoms with Gasteiger partial charge in [0.25, 0.3) is 0 Å². The molecule has 0 saturated carbocycles. The van der Waals surface area contributed by atoms with Crippen LogP contribution in [0.4, 0.5) is 5.69 Å². The SMILES string of the molecule is COCCN1CCC[C@H](NC(=O)C(=O)Nc2ccccc2C(C)C)C1. The van der Waals surface area contributed by atoms with Crippen LogP contribution in [0, 0.1) is 0 Å². The quantitative estimate of drug-likeness (QED) is 0.772. The number of para-hydroxylation sites is 1. The van der Waals surface area contributed by atoms with Crippen LogP contribution >= 0.6 is 0 Å². The highest BCUT2D eigenvalue weighted by atomic mass is 16.5. The summed E-state index contributed by atoms with van der Waals surface area (Å²) >= 11 is 0. The highest BCUT2D eigenvalue weighted by molar-refractivity contribution is 6.39. The van der Waals surface area contributed by atoms with Gasteiger partial charge in [-0.15, -0.1) is 0 Å². The molecule has 2 N–H and O–H groups in total. The van der Waals surface area contributed by atoms with Gasteiger partial charge in [0.05, 0.1) is 6.61 Å². The molecule has 0 aromatic heterocycles. The standard InChI is InChI=1S/C19H29N3O3/c1-14(2)16-8-4-5-9-17(16)21-19(24)18(23)20-15-7-6-10-22(13-15)11-12-25-3/h4-5,8-9,14-15H,6-7,10-13H2,1-3H3,(H,20,23)(H,21,24)/t15-/m0/s1. The number of nitrogens with zero attached hydrogens (tertiary/aromatic N) is 1. The third-order valence-corrected chi connectivity index (χ3v) is 4.49. The summed E-state index contributed by atoms with van der Waals surface area (Å²) in [5, 5.41) is 5.60. The second-order valence-corrected chi connectivity index (χ2v) is 6.80. The van der Waals surface area contributed by atoms with Crippen molar-refractivity contribution >= 4 is 17.5 Å². The topological polar surface area (TPSA) is 70.7 Å². The second-order valence-electron chi connectivity index (χ2n) is 6.80. The highest BCUT2D eigenvalue weighted by Crippen LogP contribution is 2.23. The summed E-state index contributed by atoms with van der Waals surface area (Å²) < 4.78 is 5.10. The third-order valence-electron chi connectivity index (χ3n) is 4.49. The number of hydrogen-bond acceptors (Lipinski definition) is 4. The Labute approximate surface area is 149 Å². The summed E-state index contributed by atoms with van der Waals surface area (Å²) in [4.78, 5) is 26.8. The lowest BCUT2D eigenvalue weighted by Crippen LogP contribution is -2.50. The molecule has 6 heteroatoms. The van der Waals surface area contributed by atoms with E-state index < -0.39 is 11.8 Å². The Morgan fingerprint density at radius 3 is 2.76 bits per heavy atom. The lowest BCUT2D eigenvalue weighted by Gasteiger charge is -2.32. The van der Waals surface area contributed by atoms with Gasteiger partial charge in [-0.2, -0.15) is 0 Å². The van der Waals surface area contributed by atoms with Crippen molar-refractivity contribution in [3.8, 4) is 0 Å². The van der Waals surface area contributed by atoms with Crippen molar-refractivity contribution in [2.45, 2.75) is 38.6 Å². The molecule has 2 amide bonds. The summed E-state index contributed by atoms with van der Waals surface area (Å²) in [6, 6.07) is 7.58. The molecule has 1 aromatic rings. The molecule has 0 aliphatic carbocycles. The van der Waals surface area contributed by atoms with E-state index in [-0.39, 0.29) is 12.0 Å². The smallest absolute Gasteiger partial charge is 0.313 e. The van der Waals surface area contributed by atoms with Crippen LogP contribution < -0.4 is 10.6 Å². The largest absolute Gasteiger partial charge is 0.383 e. The average Bonchev–Trinajstić information content (AvgIpc) is 2.60. The van der Waals surface area contributed by atoms with Gasteiger partial charge in [-0.25, -0.2) is 0 Å². The first-order valence-corrected chi connectivity index (χ1v) is 8.93. The number of carbonyl (C=O) groups is 2. The maximum absolute atomic E-state index is 12.3. The van der Waals surface area contributed by atoms with E-state index in [4.69, 9.17) is 4.74 Å². The molecule has 0 spiro atoms. The van der Waals surface area contributed by atoms with Crippen molar-refractivity contribution in [2.75, 3.05) is 38.7 Å². The fraction of sp³-hybridized carbons (Fsp3) is 0.579. The fourth-order valence-corrected chi connectivity index (χ4v) is 3.14. The van der Waals surface area contributed by atoms with Crippen LogP contribution in [0.1, 0.15) is 38.2 Å². The highest BCUT2D eigenvalue weighted by Gasteiger charge is 2.24. The van der Waals surface area contributed by atoms with Crippen LogP contribution in [0.15, 0.2) is 24.3 Å². The van der Waals surface area contributed by atoms with Gasteiger partial charge < -0.3 is 15.4 Å². The normalized spacial score (nSPS) is 18.2. The molecule has 6 nitrogen and oxygen atoms in total. The van der Waals surface area contributed by atoms with Crippen LogP contribution in [0.2, 0.25) is 0 Å². The van der Waals surface area contributed by atoms with E-state index in [1.807, 2.05) is 24.3 Å². The van der Waals surface area contributed by atoms with Crippen molar-refractivity contribution in [3.63, 3.8) is 0 Å². The Bertz CT molecular complexity index is 589.